The monoisotopic (exact) mass is 1480 g/mol. The van der Waals surface area contributed by atoms with Gasteiger partial charge in [0, 0.05) is 23.7 Å². The Morgan fingerprint density at radius 3 is 0.757 bits per heavy atom. The minimum Gasteiger partial charge on any atom is -0.459 e. The average molecular weight is 1480 g/mol. The molecule has 18 heteroatoms. The van der Waals surface area contributed by atoms with Crippen LogP contribution in [0, 0.1) is 47.3 Å². The third-order valence-electron chi connectivity index (χ3n) is 24.8. The largest absolute Gasteiger partial charge is 0.459 e. The van der Waals surface area contributed by atoms with Crippen molar-refractivity contribution in [3.05, 3.63) is 284 Å². The molecule has 18 nitrogen and oxygen atoms in total. The molecule has 9 aliphatic rings. The number of benzene rings is 8. The summed E-state index contributed by atoms with van der Waals surface area (Å²) in [6.07, 6.45) is 12.3. The number of aliphatic imine (C=N–C) groups is 2. The lowest BCUT2D eigenvalue weighted by molar-refractivity contribution is -0.166. The van der Waals surface area contributed by atoms with E-state index in [-0.39, 0.29) is 81.4 Å². The standard InChI is InChI=1S/C93H80N2O16/c96-81-69-39-61-35-19-20-36-62(61)40-70(69)82(97)79(81)94-77-45-65-43-75-67(47-73(65)92(77,87(102)108-51-57-27-11-3-12-28-57)88(103)109-52-58-29-13-4-14-30-58)68-48-74-66(44-76(68)91(75,85(100)106-49-55-23-7-1-8-24-55)86(101)107-50-56-25-9-2-10-26-56)46-78(95-80-83(98)71-41-63-37-21-22-38-64(63)42-72(71)84(80)99)93(74,89(104)110-53-59-31-15-5-16-32-59)90(105)111-54-60-33-17-6-18-34-60/h1-18,23-34,43-48,61-64,69-72H,19-22,35-42,49-54H2. The van der Waals surface area contributed by atoms with E-state index < -0.39 is 148 Å². The van der Waals surface area contributed by atoms with Crippen molar-refractivity contribution < 1.29 is 76.4 Å². The summed E-state index contributed by atoms with van der Waals surface area (Å²) in [5, 5.41) is 0. The SMILES string of the molecule is O=C1C(=NC2=Cc3cc4c(cc3C2(C(=O)OCc2ccccc2)C(=O)OCc2ccccc2)-c2cc3c(cc2C4(C(=O)OCc2ccccc2)C(=O)OCc2ccccc2)C=C(N=C2C(=O)C4CC5CCCCC5CC4C2=O)C3(C(=O)OCc2ccccc2)C(=O)OCc2ccccc2)C(=O)C2CC3CCCCC3CC12. The molecule has 17 rings (SSSR count). The summed E-state index contributed by atoms with van der Waals surface area (Å²) in [4.78, 5) is 170. The summed E-state index contributed by atoms with van der Waals surface area (Å²) < 4.78 is 38.3. The molecule has 8 unspecified atom stereocenters. The zero-order chi connectivity index (χ0) is 76.1. The highest BCUT2D eigenvalue weighted by Gasteiger charge is 2.66. The second-order valence-corrected chi connectivity index (χ2v) is 31.0. The minimum atomic E-state index is -2.83. The zero-order valence-corrected chi connectivity index (χ0v) is 61.1. The van der Waals surface area contributed by atoms with Gasteiger partial charge in [0.05, 0.1) is 11.4 Å². The molecule has 0 radical (unpaired) electrons. The molecule has 0 aliphatic heterocycles. The van der Waals surface area contributed by atoms with Crippen LogP contribution < -0.4 is 0 Å². The van der Waals surface area contributed by atoms with Gasteiger partial charge in [-0.3, -0.25) is 47.9 Å². The smallest absolute Gasteiger partial charge is 0.334 e. The Hall–Kier alpha value is -11.9. The van der Waals surface area contributed by atoms with Crippen LogP contribution in [-0.2, 0) is 132 Å². The summed E-state index contributed by atoms with van der Waals surface area (Å²) in [5.41, 5.74) is -7.77. The third kappa shape index (κ3) is 12.6. The van der Waals surface area contributed by atoms with E-state index in [9.17, 15) is 0 Å². The number of esters is 6. The Kier molecular flexibility index (Phi) is 19.3. The van der Waals surface area contributed by atoms with E-state index >= 15 is 47.9 Å². The maximum absolute atomic E-state index is 16.6. The summed E-state index contributed by atoms with van der Waals surface area (Å²) >= 11 is 0. The lowest BCUT2D eigenvalue weighted by atomic mass is 9.64. The third-order valence-corrected chi connectivity index (χ3v) is 24.8. The van der Waals surface area contributed by atoms with Gasteiger partial charge in [-0.25, -0.2) is 9.98 Å². The van der Waals surface area contributed by atoms with Crippen molar-refractivity contribution in [3.8, 4) is 11.1 Å². The molecule has 6 fully saturated rings. The minimum absolute atomic E-state index is 0.00811. The molecule has 8 aromatic carbocycles. The Bertz CT molecular complexity index is 4740. The van der Waals surface area contributed by atoms with Crippen LogP contribution in [-0.4, -0.2) is 70.4 Å². The quantitative estimate of drug-likeness (QED) is 0.0391. The second kappa shape index (κ2) is 29.8. The molecule has 0 saturated heterocycles. The van der Waals surface area contributed by atoms with Gasteiger partial charge in [0.2, 0.25) is 16.2 Å². The first-order valence-electron chi connectivity index (χ1n) is 38.6. The van der Waals surface area contributed by atoms with Crippen LogP contribution in [0.2, 0.25) is 0 Å². The number of ether oxygens (including phenoxy) is 6. The number of ketones is 4. The van der Waals surface area contributed by atoms with Crippen LogP contribution in [0.4, 0.5) is 0 Å². The Morgan fingerprint density at radius 1 is 0.297 bits per heavy atom. The van der Waals surface area contributed by atoms with E-state index in [1.54, 1.807) is 182 Å². The molecule has 111 heavy (non-hydrogen) atoms. The van der Waals surface area contributed by atoms with Crippen LogP contribution in [0.3, 0.4) is 0 Å². The van der Waals surface area contributed by atoms with Crippen molar-refractivity contribution in [1.82, 2.24) is 0 Å². The number of carbonyl (C=O) groups is 10. The van der Waals surface area contributed by atoms with Crippen LogP contribution in [0.25, 0.3) is 23.3 Å². The summed E-state index contributed by atoms with van der Waals surface area (Å²) in [7, 11) is 0. The van der Waals surface area contributed by atoms with E-state index in [4.69, 9.17) is 38.4 Å². The molecule has 0 N–H and O–H groups in total. The number of carbonyl (C=O) groups excluding carboxylic acids is 10. The zero-order valence-electron chi connectivity index (χ0n) is 61.1. The molecular formula is C93H80N2O16. The fraction of sp³-hybridized carbons (Fsp3) is 0.312. The van der Waals surface area contributed by atoms with Crippen LogP contribution in [0.15, 0.2) is 228 Å². The number of fused-ring (bicyclic) bond motifs is 9. The highest BCUT2D eigenvalue weighted by Crippen LogP contribution is 2.60. The van der Waals surface area contributed by atoms with Gasteiger partial charge in [-0.15, -0.1) is 0 Å². The summed E-state index contributed by atoms with van der Waals surface area (Å²) in [6, 6.07) is 58.2. The molecule has 0 spiro atoms. The van der Waals surface area contributed by atoms with Gasteiger partial charge in [-0.05, 0) is 164 Å². The van der Waals surface area contributed by atoms with Gasteiger partial charge in [0.25, 0.3) is 0 Å². The maximum atomic E-state index is 16.6. The van der Waals surface area contributed by atoms with E-state index in [1.165, 1.54) is 36.4 Å². The molecule has 0 amide bonds. The van der Waals surface area contributed by atoms with Gasteiger partial charge in [0.15, 0.2) is 23.1 Å². The first-order chi connectivity index (χ1) is 54.1. The van der Waals surface area contributed by atoms with Gasteiger partial charge in [0.1, 0.15) is 51.1 Å². The highest BCUT2D eigenvalue weighted by molar-refractivity contribution is 6.71. The fourth-order valence-corrected chi connectivity index (χ4v) is 19.2. The Labute approximate surface area is 641 Å². The molecule has 6 saturated carbocycles. The first-order valence-corrected chi connectivity index (χ1v) is 38.6. The number of Topliss-reactive ketones (excluding diaryl/α,β-unsaturated/α-hetero) is 4. The van der Waals surface area contributed by atoms with Crippen LogP contribution >= 0.6 is 0 Å². The van der Waals surface area contributed by atoms with Gasteiger partial charge >= 0.3 is 35.8 Å². The van der Waals surface area contributed by atoms with E-state index in [2.05, 4.69) is 0 Å². The van der Waals surface area contributed by atoms with Gasteiger partial charge < -0.3 is 28.4 Å². The van der Waals surface area contributed by atoms with Crippen molar-refractivity contribution in [2.24, 2.45) is 57.3 Å². The lowest BCUT2D eigenvalue weighted by Crippen LogP contribution is -2.47. The number of nitrogens with zero attached hydrogens (tertiary/aromatic N) is 2. The van der Waals surface area contributed by atoms with Crippen molar-refractivity contribution in [3.63, 3.8) is 0 Å². The molecule has 0 bridgehead atoms. The molecule has 8 atom stereocenters. The van der Waals surface area contributed by atoms with Crippen LogP contribution in [0.1, 0.15) is 144 Å². The molecular weight excluding hydrogens is 1400 g/mol. The Morgan fingerprint density at radius 2 is 0.523 bits per heavy atom. The number of hydrogen-bond acceptors (Lipinski definition) is 18. The topological polar surface area (TPSA) is 251 Å². The normalized spacial score (nSPS) is 23.0. The van der Waals surface area contributed by atoms with Crippen molar-refractivity contribution >= 4 is 82.5 Å². The van der Waals surface area contributed by atoms with E-state index in [0.29, 0.717) is 59.1 Å². The number of hydrogen-bond donors (Lipinski definition) is 0. The van der Waals surface area contributed by atoms with Gasteiger partial charge in [-0.1, -0.05) is 233 Å². The van der Waals surface area contributed by atoms with Crippen LogP contribution in [0.5, 0.6) is 0 Å². The molecule has 558 valence electrons. The van der Waals surface area contributed by atoms with Crippen molar-refractivity contribution in [2.75, 3.05) is 0 Å². The van der Waals surface area contributed by atoms with Crippen molar-refractivity contribution in [1.29, 1.82) is 0 Å². The first kappa shape index (κ1) is 72.0. The maximum Gasteiger partial charge on any atom is 0.334 e. The van der Waals surface area contributed by atoms with Gasteiger partial charge in [-0.2, -0.15) is 0 Å². The van der Waals surface area contributed by atoms with E-state index in [0.717, 1.165) is 51.4 Å². The molecule has 0 aromatic heterocycles. The number of rotatable bonds is 20. The fourth-order valence-electron chi connectivity index (χ4n) is 19.2. The molecule has 9 aliphatic carbocycles. The van der Waals surface area contributed by atoms with Crippen molar-refractivity contribution in [2.45, 2.75) is 133 Å². The van der Waals surface area contributed by atoms with E-state index in [1.807, 2.05) is 0 Å². The summed E-state index contributed by atoms with van der Waals surface area (Å²) in [5.74, 6) is -11.3. The molecule has 0 heterocycles. The predicted octanol–water partition coefficient (Wildman–Crippen LogP) is 14.4. The highest BCUT2D eigenvalue weighted by atomic mass is 16.6. The molecule has 8 aromatic rings. The second-order valence-electron chi connectivity index (χ2n) is 31.0. The lowest BCUT2D eigenvalue weighted by Gasteiger charge is -2.39. The predicted molar refractivity (Wildman–Crippen MR) is 408 cm³/mol. The average Bonchev–Trinajstić information content (AvgIpc) is 1.51. The summed E-state index contributed by atoms with van der Waals surface area (Å²) in [6.45, 7) is -2.38. The Balaban J connectivity index is 0.916.